The fourth-order valence-corrected chi connectivity index (χ4v) is 3.06. The van der Waals surface area contributed by atoms with E-state index in [1.165, 1.54) is 30.9 Å². The number of hydrogen-bond acceptors (Lipinski definition) is 3. The van der Waals surface area contributed by atoms with Crippen molar-refractivity contribution in [2.24, 2.45) is 5.92 Å². The Morgan fingerprint density at radius 1 is 1.42 bits per heavy atom. The number of ether oxygens (including phenoxy) is 1. The molecule has 2 fully saturated rings. The minimum absolute atomic E-state index is 0.649. The molecule has 2 aliphatic rings. The molecule has 2 heterocycles. The van der Waals surface area contributed by atoms with E-state index in [2.05, 4.69) is 17.1 Å². The molecule has 2 nitrogen and oxygen atoms in total. The molecule has 0 aromatic carbocycles. The lowest BCUT2D eigenvalue weighted by Crippen LogP contribution is -2.33. The molecule has 0 aromatic rings. The average molecular weight is 187 g/mol. The van der Waals surface area contributed by atoms with Gasteiger partial charge in [-0.1, -0.05) is 0 Å². The van der Waals surface area contributed by atoms with Crippen LogP contribution in [0.2, 0.25) is 0 Å². The summed E-state index contributed by atoms with van der Waals surface area (Å²) in [6, 6.07) is 0.649. The van der Waals surface area contributed by atoms with Crippen molar-refractivity contribution in [2.45, 2.75) is 18.9 Å². The second-order valence-corrected chi connectivity index (χ2v) is 4.85. The van der Waals surface area contributed by atoms with Crippen LogP contribution < -0.4 is 5.32 Å². The Morgan fingerprint density at radius 2 is 2.42 bits per heavy atom. The molecule has 0 amide bonds. The zero-order chi connectivity index (χ0) is 8.23. The SMILES string of the molecule is C1CC(NCC2CCSC2)CO1. The fourth-order valence-electron chi connectivity index (χ4n) is 1.77. The maximum Gasteiger partial charge on any atom is 0.0620 e. The molecule has 0 spiro atoms. The first-order valence-corrected chi connectivity index (χ1v) is 5.99. The van der Waals surface area contributed by atoms with Gasteiger partial charge in [-0.05, 0) is 36.8 Å². The molecule has 2 aliphatic heterocycles. The molecular weight excluding hydrogens is 170 g/mol. The van der Waals surface area contributed by atoms with Crippen LogP contribution in [0.3, 0.4) is 0 Å². The Morgan fingerprint density at radius 3 is 3.08 bits per heavy atom. The monoisotopic (exact) mass is 187 g/mol. The maximum absolute atomic E-state index is 5.30. The second-order valence-electron chi connectivity index (χ2n) is 3.70. The lowest BCUT2D eigenvalue weighted by molar-refractivity contribution is 0.189. The molecule has 2 unspecified atom stereocenters. The second kappa shape index (κ2) is 4.49. The Hall–Kier alpha value is 0.270. The number of nitrogens with one attached hydrogen (secondary N) is 1. The summed E-state index contributed by atoms with van der Waals surface area (Å²) >= 11 is 2.09. The predicted octanol–water partition coefficient (Wildman–Crippen LogP) is 1.12. The fraction of sp³-hybridized carbons (Fsp3) is 1.00. The van der Waals surface area contributed by atoms with Crippen LogP contribution in [0.1, 0.15) is 12.8 Å². The van der Waals surface area contributed by atoms with Crippen LogP contribution in [0.5, 0.6) is 0 Å². The van der Waals surface area contributed by atoms with Crippen molar-refractivity contribution in [1.82, 2.24) is 5.32 Å². The van der Waals surface area contributed by atoms with E-state index in [0.29, 0.717) is 6.04 Å². The van der Waals surface area contributed by atoms with Gasteiger partial charge in [0.25, 0.3) is 0 Å². The van der Waals surface area contributed by atoms with Gasteiger partial charge in [-0.15, -0.1) is 0 Å². The van der Waals surface area contributed by atoms with Gasteiger partial charge in [0.15, 0.2) is 0 Å². The van der Waals surface area contributed by atoms with Crippen LogP contribution in [-0.4, -0.2) is 37.3 Å². The largest absolute Gasteiger partial charge is 0.380 e. The summed E-state index contributed by atoms with van der Waals surface area (Å²) in [5, 5.41) is 3.59. The summed E-state index contributed by atoms with van der Waals surface area (Å²) in [5.74, 6) is 3.66. The van der Waals surface area contributed by atoms with Gasteiger partial charge in [0.2, 0.25) is 0 Å². The first kappa shape index (κ1) is 8.85. The zero-order valence-electron chi connectivity index (χ0n) is 7.42. The molecule has 0 aromatic heterocycles. The number of rotatable bonds is 3. The van der Waals surface area contributed by atoms with E-state index >= 15 is 0 Å². The Labute approximate surface area is 78.4 Å². The topological polar surface area (TPSA) is 21.3 Å². The van der Waals surface area contributed by atoms with E-state index in [-0.39, 0.29) is 0 Å². The van der Waals surface area contributed by atoms with Gasteiger partial charge in [-0.25, -0.2) is 0 Å². The standard InChI is InChI=1S/C9H17NOS/c1-3-11-6-9(1)10-5-8-2-4-12-7-8/h8-10H,1-7H2. The van der Waals surface area contributed by atoms with Gasteiger partial charge in [-0.3, -0.25) is 0 Å². The van der Waals surface area contributed by atoms with Crippen LogP contribution in [0.25, 0.3) is 0 Å². The lowest BCUT2D eigenvalue weighted by Gasteiger charge is -2.13. The van der Waals surface area contributed by atoms with Crippen molar-refractivity contribution in [1.29, 1.82) is 0 Å². The van der Waals surface area contributed by atoms with E-state index in [1.54, 1.807) is 0 Å². The van der Waals surface area contributed by atoms with Crippen molar-refractivity contribution in [3.05, 3.63) is 0 Å². The maximum atomic E-state index is 5.30. The smallest absolute Gasteiger partial charge is 0.0620 e. The van der Waals surface area contributed by atoms with Gasteiger partial charge in [0.05, 0.1) is 6.61 Å². The first-order chi connectivity index (χ1) is 5.95. The van der Waals surface area contributed by atoms with Crippen molar-refractivity contribution < 1.29 is 4.74 Å². The van der Waals surface area contributed by atoms with Gasteiger partial charge < -0.3 is 10.1 Å². The summed E-state index contributed by atoms with van der Waals surface area (Å²) in [5.41, 5.74) is 0. The summed E-state index contributed by atoms with van der Waals surface area (Å²) in [6.07, 6.45) is 2.62. The van der Waals surface area contributed by atoms with Crippen molar-refractivity contribution >= 4 is 11.8 Å². The van der Waals surface area contributed by atoms with Crippen LogP contribution >= 0.6 is 11.8 Å². The first-order valence-electron chi connectivity index (χ1n) is 4.84. The number of thioether (sulfide) groups is 1. The Balaban J connectivity index is 1.60. The molecule has 0 aliphatic carbocycles. The molecular formula is C9H17NOS. The molecule has 2 saturated heterocycles. The third-order valence-electron chi connectivity index (χ3n) is 2.65. The van der Waals surface area contributed by atoms with Gasteiger partial charge in [-0.2, -0.15) is 11.8 Å². The third-order valence-corrected chi connectivity index (χ3v) is 3.88. The molecule has 0 saturated carbocycles. The van der Waals surface area contributed by atoms with E-state index in [9.17, 15) is 0 Å². The molecule has 3 heteroatoms. The molecule has 12 heavy (non-hydrogen) atoms. The van der Waals surface area contributed by atoms with Crippen LogP contribution in [-0.2, 0) is 4.74 Å². The summed E-state index contributed by atoms with van der Waals surface area (Å²) in [4.78, 5) is 0. The van der Waals surface area contributed by atoms with E-state index in [4.69, 9.17) is 4.74 Å². The van der Waals surface area contributed by atoms with Crippen LogP contribution in [0.4, 0.5) is 0 Å². The summed E-state index contributed by atoms with van der Waals surface area (Å²) < 4.78 is 5.30. The van der Waals surface area contributed by atoms with E-state index < -0.39 is 0 Å². The van der Waals surface area contributed by atoms with Gasteiger partial charge in [0.1, 0.15) is 0 Å². The predicted molar refractivity (Wildman–Crippen MR) is 52.7 cm³/mol. The third kappa shape index (κ3) is 2.38. The highest BCUT2D eigenvalue weighted by Gasteiger charge is 2.19. The summed E-state index contributed by atoms with van der Waals surface area (Å²) in [7, 11) is 0. The average Bonchev–Trinajstić information content (AvgIpc) is 2.74. The molecule has 2 rings (SSSR count). The number of hydrogen-bond donors (Lipinski definition) is 1. The Bertz CT molecular complexity index is 114. The van der Waals surface area contributed by atoms with Crippen molar-refractivity contribution in [2.75, 3.05) is 31.3 Å². The minimum atomic E-state index is 0.649. The highest BCUT2D eigenvalue weighted by Crippen LogP contribution is 2.22. The normalized spacial score (nSPS) is 36.0. The highest BCUT2D eigenvalue weighted by molar-refractivity contribution is 7.99. The Kier molecular flexibility index (Phi) is 3.31. The molecule has 0 bridgehead atoms. The molecule has 2 atom stereocenters. The zero-order valence-corrected chi connectivity index (χ0v) is 8.24. The molecule has 1 N–H and O–H groups in total. The van der Waals surface area contributed by atoms with Crippen LogP contribution in [0.15, 0.2) is 0 Å². The lowest BCUT2D eigenvalue weighted by atomic mass is 10.1. The van der Waals surface area contributed by atoms with Crippen molar-refractivity contribution in [3.63, 3.8) is 0 Å². The van der Waals surface area contributed by atoms with E-state index in [1.807, 2.05) is 0 Å². The quantitative estimate of drug-likeness (QED) is 0.715. The van der Waals surface area contributed by atoms with Crippen LogP contribution in [0, 0.1) is 5.92 Å². The van der Waals surface area contributed by atoms with Crippen molar-refractivity contribution in [3.8, 4) is 0 Å². The molecule has 70 valence electrons. The van der Waals surface area contributed by atoms with Gasteiger partial charge in [0, 0.05) is 12.6 Å². The minimum Gasteiger partial charge on any atom is -0.380 e. The highest BCUT2D eigenvalue weighted by atomic mass is 32.2. The molecule has 0 radical (unpaired) electrons. The van der Waals surface area contributed by atoms with E-state index in [0.717, 1.165) is 19.1 Å². The summed E-state index contributed by atoms with van der Waals surface area (Å²) in [6.45, 7) is 3.10. The van der Waals surface area contributed by atoms with Gasteiger partial charge >= 0.3 is 0 Å².